The van der Waals surface area contributed by atoms with Crippen molar-refractivity contribution >= 4 is 22.1 Å². The Labute approximate surface area is 229 Å². The summed E-state index contributed by atoms with van der Waals surface area (Å²) >= 11 is 0. The molecule has 1 fully saturated rings. The molecule has 0 saturated carbocycles. The first kappa shape index (κ1) is 24.3. The van der Waals surface area contributed by atoms with Crippen LogP contribution in [0.5, 0.6) is 5.75 Å². The summed E-state index contributed by atoms with van der Waals surface area (Å²) in [5.41, 5.74) is 7.34. The van der Waals surface area contributed by atoms with Crippen molar-refractivity contribution in [2.45, 2.75) is 19.8 Å². The highest BCUT2D eigenvalue weighted by Crippen LogP contribution is 2.32. The number of aryl methyl sites for hydroxylation is 1. The van der Waals surface area contributed by atoms with Crippen molar-refractivity contribution in [1.29, 1.82) is 0 Å². The van der Waals surface area contributed by atoms with E-state index >= 15 is 0 Å². The molecule has 9 nitrogen and oxygen atoms in total. The second-order valence-corrected chi connectivity index (χ2v) is 10.2. The highest BCUT2D eigenvalue weighted by Gasteiger charge is 2.18. The van der Waals surface area contributed by atoms with Gasteiger partial charge < -0.3 is 9.72 Å². The molecule has 1 aliphatic rings. The van der Waals surface area contributed by atoms with Gasteiger partial charge in [0.1, 0.15) is 23.7 Å². The zero-order valence-corrected chi connectivity index (χ0v) is 22.0. The van der Waals surface area contributed by atoms with Crippen molar-refractivity contribution in [3.05, 3.63) is 72.6 Å². The second kappa shape index (κ2) is 10.1. The topological polar surface area (TPSA) is 108 Å². The summed E-state index contributed by atoms with van der Waals surface area (Å²) < 4.78 is 20.2. The Morgan fingerprint density at radius 3 is 2.65 bits per heavy atom. The van der Waals surface area contributed by atoms with E-state index in [1.54, 1.807) is 24.8 Å². The number of ether oxygens (including phenoxy) is 1. The number of fused-ring (bicyclic) bond motifs is 2. The number of imidazole rings is 1. The molecule has 0 amide bonds. The van der Waals surface area contributed by atoms with Gasteiger partial charge in [0.05, 0.1) is 34.6 Å². The van der Waals surface area contributed by atoms with Crippen LogP contribution in [0.15, 0.2) is 61.2 Å². The SMILES string of the molecule is Cc1cc(F)cc(-c2cncc3[nH]c(-c4n[nH]c5ccc(-c6cncc(OCCN7CCCC7)c6)nc45)nc23)c1. The molecule has 7 rings (SSSR count). The largest absolute Gasteiger partial charge is 0.491 e. The summed E-state index contributed by atoms with van der Waals surface area (Å²) in [4.78, 5) is 24.2. The average molecular weight is 535 g/mol. The van der Waals surface area contributed by atoms with Crippen molar-refractivity contribution in [3.8, 4) is 39.7 Å². The van der Waals surface area contributed by atoms with Crippen molar-refractivity contribution in [3.63, 3.8) is 0 Å². The average Bonchev–Trinajstić information content (AvgIpc) is 3.71. The lowest BCUT2D eigenvalue weighted by atomic mass is 10.0. The van der Waals surface area contributed by atoms with Gasteiger partial charge in [0.2, 0.25) is 0 Å². The summed E-state index contributed by atoms with van der Waals surface area (Å²) in [6.07, 6.45) is 9.44. The summed E-state index contributed by atoms with van der Waals surface area (Å²) in [6.45, 7) is 5.70. The Morgan fingerprint density at radius 1 is 0.900 bits per heavy atom. The van der Waals surface area contributed by atoms with Gasteiger partial charge in [-0.1, -0.05) is 6.07 Å². The molecule has 10 heteroatoms. The second-order valence-electron chi connectivity index (χ2n) is 10.2. The van der Waals surface area contributed by atoms with E-state index in [-0.39, 0.29) is 5.82 Å². The number of pyridine rings is 3. The van der Waals surface area contributed by atoms with Gasteiger partial charge in [0.15, 0.2) is 11.5 Å². The van der Waals surface area contributed by atoms with Gasteiger partial charge in [-0.05, 0) is 74.3 Å². The summed E-state index contributed by atoms with van der Waals surface area (Å²) in [5, 5.41) is 7.57. The highest BCUT2D eigenvalue weighted by molar-refractivity contribution is 5.95. The summed E-state index contributed by atoms with van der Waals surface area (Å²) in [7, 11) is 0. The minimum atomic E-state index is -0.298. The lowest BCUT2D eigenvalue weighted by Gasteiger charge is -2.15. The number of nitrogens with zero attached hydrogens (tertiary/aromatic N) is 6. The Hall–Kier alpha value is -4.70. The minimum absolute atomic E-state index is 0.298. The number of hydrogen-bond donors (Lipinski definition) is 2. The molecule has 0 aliphatic carbocycles. The Kier molecular flexibility index (Phi) is 6.16. The number of aromatic nitrogens is 7. The smallest absolute Gasteiger partial charge is 0.161 e. The fourth-order valence-corrected chi connectivity index (χ4v) is 5.31. The van der Waals surface area contributed by atoms with E-state index in [0.717, 1.165) is 64.4 Å². The van der Waals surface area contributed by atoms with Gasteiger partial charge in [0, 0.05) is 30.1 Å². The molecule has 200 valence electrons. The monoisotopic (exact) mass is 534 g/mol. The lowest BCUT2D eigenvalue weighted by molar-refractivity contribution is 0.237. The molecule has 6 aromatic rings. The van der Waals surface area contributed by atoms with Crippen LogP contribution in [0.1, 0.15) is 18.4 Å². The molecular weight excluding hydrogens is 507 g/mol. The van der Waals surface area contributed by atoms with Crippen LogP contribution in [0, 0.1) is 12.7 Å². The number of nitrogens with one attached hydrogen (secondary N) is 2. The van der Waals surface area contributed by atoms with Gasteiger partial charge in [0.25, 0.3) is 0 Å². The Morgan fingerprint density at radius 2 is 1.77 bits per heavy atom. The molecule has 0 bridgehead atoms. The minimum Gasteiger partial charge on any atom is -0.491 e. The molecule has 1 saturated heterocycles. The third kappa shape index (κ3) is 4.66. The van der Waals surface area contributed by atoms with Crippen molar-refractivity contribution in [2.75, 3.05) is 26.2 Å². The molecular formula is C30H27FN8O. The first-order chi connectivity index (χ1) is 19.6. The number of rotatable bonds is 7. The van der Waals surface area contributed by atoms with Crippen LogP contribution in [0.25, 0.3) is 56.0 Å². The number of aromatic amines is 2. The van der Waals surface area contributed by atoms with Crippen molar-refractivity contribution in [2.24, 2.45) is 0 Å². The predicted molar refractivity (Wildman–Crippen MR) is 151 cm³/mol. The lowest BCUT2D eigenvalue weighted by Crippen LogP contribution is -2.25. The zero-order chi connectivity index (χ0) is 27.1. The van der Waals surface area contributed by atoms with Crippen LogP contribution in [-0.4, -0.2) is 66.3 Å². The molecule has 0 radical (unpaired) electrons. The predicted octanol–water partition coefficient (Wildman–Crippen LogP) is 5.55. The van der Waals surface area contributed by atoms with Crippen LogP contribution >= 0.6 is 0 Å². The van der Waals surface area contributed by atoms with E-state index in [9.17, 15) is 4.39 Å². The maximum Gasteiger partial charge on any atom is 0.161 e. The fraction of sp³-hybridized carbons (Fsp3) is 0.233. The quantitative estimate of drug-likeness (QED) is 0.277. The molecule has 6 heterocycles. The molecule has 2 N–H and O–H groups in total. The van der Waals surface area contributed by atoms with E-state index in [2.05, 4.69) is 30.0 Å². The van der Waals surface area contributed by atoms with E-state index in [0.29, 0.717) is 29.2 Å². The van der Waals surface area contributed by atoms with Gasteiger partial charge in [-0.2, -0.15) is 5.10 Å². The fourth-order valence-electron chi connectivity index (χ4n) is 5.31. The molecule has 0 unspecified atom stereocenters. The normalized spacial score (nSPS) is 13.9. The van der Waals surface area contributed by atoms with Gasteiger partial charge in [-0.3, -0.25) is 20.0 Å². The molecule has 40 heavy (non-hydrogen) atoms. The number of benzene rings is 1. The third-order valence-electron chi connectivity index (χ3n) is 7.26. The Bertz CT molecular complexity index is 1820. The van der Waals surface area contributed by atoms with Crippen molar-refractivity contribution < 1.29 is 9.13 Å². The third-order valence-corrected chi connectivity index (χ3v) is 7.26. The number of H-pyrrole nitrogens is 2. The zero-order valence-electron chi connectivity index (χ0n) is 22.0. The summed E-state index contributed by atoms with van der Waals surface area (Å²) in [5.74, 6) is 0.967. The summed E-state index contributed by atoms with van der Waals surface area (Å²) in [6, 6.07) is 10.8. The van der Waals surface area contributed by atoms with E-state index < -0.39 is 0 Å². The maximum absolute atomic E-state index is 14.2. The highest BCUT2D eigenvalue weighted by atomic mass is 19.1. The molecule has 0 spiro atoms. The van der Waals surface area contributed by atoms with Crippen LogP contribution < -0.4 is 4.74 Å². The number of hydrogen-bond acceptors (Lipinski definition) is 7. The molecule has 1 aromatic carbocycles. The number of likely N-dealkylation sites (tertiary alicyclic amines) is 1. The van der Waals surface area contributed by atoms with Crippen LogP contribution in [-0.2, 0) is 0 Å². The first-order valence-electron chi connectivity index (χ1n) is 13.4. The standard InChI is InChI=1S/C30H27FN8O/c1-18-10-19(12-21(31)11-18)23-16-33-17-26-27(23)36-30(35-26)29-28-25(37-38-29)5-4-24(34-28)20-13-22(15-32-14-20)40-9-8-39-6-2-3-7-39/h4-5,10-17H,2-3,6-9H2,1H3,(H,35,36)(H,37,38). The van der Waals surface area contributed by atoms with Gasteiger partial charge in [-0.15, -0.1) is 0 Å². The van der Waals surface area contributed by atoms with Crippen molar-refractivity contribution in [1.82, 2.24) is 40.0 Å². The molecule has 0 atom stereocenters. The first-order valence-corrected chi connectivity index (χ1v) is 13.4. The van der Waals surface area contributed by atoms with Crippen LogP contribution in [0.3, 0.4) is 0 Å². The van der Waals surface area contributed by atoms with Crippen LogP contribution in [0.2, 0.25) is 0 Å². The van der Waals surface area contributed by atoms with Crippen LogP contribution in [0.4, 0.5) is 4.39 Å². The van der Waals surface area contributed by atoms with E-state index in [1.165, 1.54) is 25.0 Å². The van der Waals surface area contributed by atoms with Gasteiger partial charge >= 0.3 is 0 Å². The molecule has 5 aromatic heterocycles. The van der Waals surface area contributed by atoms with Gasteiger partial charge in [-0.25, -0.2) is 14.4 Å². The van der Waals surface area contributed by atoms with E-state index in [4.69, 9.17) is 14.7 Å². The Balaban J connectivity index is 1.21. The number of halogens is 1. The maximum atomic E-state index is 14.2. The molecule has 1 aliphatic heterocycles. The van der Waals surface area contributed by atoms with E-state index in [1.807, 2.05) is 31.2 Å².